The predicted octanol–water partition coefficient (Wildman–Crippen LogP) is 9.18. The minimum atomic E-state index is -0.766. The lowest BCUT2D eigenvalue weighted by atomic mass is 9.92. The number of hydrogen-bond acceptors (Lipinski definition) is 3. The van der Waals surface area contributed by atoms with Crippen LogP contribution in [0.15, 0.2) is 152 Å². The molecule has 5 aromatic rings. The highest BCUT2D eigenvalue weighted by molar-refractivity contribution is 7.80. The highest BCUT2D eigenvalue weighted by atomic mass is 32.1. The molecule has 4 nitrogen and oxygen atoms in total. The predicted molar refractivity (Wildman–Crippen MR) is 183 cm³/mol. The summed E-state index contributed by atoms with van der Waals surface area (Å²) >= 11 is 5.61. The van der Waals surface area contributed by atoms with E-state index in [9.17, 15) is 0 Å². The van der Waals surface area contributed by atoms with Gasteiger partial charge in [-0.1, -0.05) is 115 Å². The lowest BCUT2D eigenvalue weighted by Crippen LogP contribution is -2.30. The van der Waals surface area contributed by atoms with Gasteiger partial charge in [0, 0.05) is 29.8 Å². The third-order valence-corrected chi connectivity index (χ3v) is 10.4. The van der Waals surface area contributed by atoms with Crippen LogP contribution in [0.3, 0.4) is 0 Å². The lowest BCUT2D eigenvalue weighted by molar-refractivity contribution is 0.618. The summed E-state index contributed by atoms with van der Waals surface area (Å²) in [6.07, 6.45) is 2.00. The topological polar surface area (TPSA) is 30.5 Å². The standard InChI is InChI=1S/C36H35N4PS/c42-36(38-31-21-10-3-11-22-31)37-27-16-28-41-39(32-23-12-4-13-24-32)34(29-17-6-1-7-18-29)35(30-19-8-2-9-20-30)40(41)33-25-14-5-15-26-33/h1-15,17-26,34-35H,16,27-28H2,(H2,37,38,42)/t34-,35-/m1/s1. The molecule has 0 spiro atoms. The fourth-order valence-corrected chi connectivity index (χ4v) is 8.88. The number of benzene rings is 5. The van der Waals surface area contributed by atoms with Crippen LogP contribution in [-0.4, -0.2) is 17.8 Å². The first-order valence-corrected chi connectivity index (χ1v) is 16.3. The second kappa shape index (κ2) is 13.7. The van der Waals surface area contributed by atoms with Crippen molar-refractivity contribution >= 4 is 42.6 Å². The smallest absolute Gasteiger partial charge is 0.170 e. The maximum Gasteiger partial charge on any atom is 0.170 e. The SMILES string of the molecule is S=C(NCCCP1N(c2ccccc2)[C@H](c2ccccc2)[C@@H](c2ccccc2)N1c1ccccc1)Nc1ccccc1. The van der Waals surface area contributed by atoms with E-state index in [1.54, 1.807) is 0 Å². The normalized spacial score (nSPS) is 16.8. The number of anilines is 3. The summed E-state index contributed by atoms with van der Waals surface area (Å²) in [6, 6.07) is 54.3. The third-order valence-electron chi connectivity index (χ3n) is 7.50. The van der Waals surface area contributed by atoms with Gasteiger partial charge in [-0.2, -0.15) is 0 Å². The molecule has 1 aliphatic heterocycles. The maximum atomic E-state index is 5.61. The van der Waals surface area contributed by atoms with Gasteiger partial charge in [0.25, 0.3) is 0 Å². The van der Waals surface area contributed by atoms with Gasteiger partial charge in [0.05, 0.1) is 20.3 Å². The molecule has 0 amide bonds. The number of para-hydroxylation sites is 3. The molecule has 1 aliphatic rings. The lowest BCUT2D eigenvalue weighted by Gasteiger charge is -2.34. The van der Waals surface area contributed by atoms with E-state index in [0.717, 1.165) is 24.8 Å². The number of nitrogens with one attached hydrogen (secondary N) is 2. The molecule has 2 N–H and O–H groups in total. The monoisotopic (exact) mass is 586 g/mol. The van der Waals surface area contributed by atoms with Crippen molar-refractivity contribution in [1.82, 2.24) is 5.32 Å². The van der Waals surface area contributed by atoms with Crippen LogP contribution in [0.4, 0.5) is 17.1 Å². The molecule has 1 saturated heterocycles. The van der Waals surface area contributed by atoms with E-state index >= 15 is 0 Å². The quantitative estimate of drug-likeness (QED) is 0.102. The van der Waals surface area contributed by atoms with E-state index in [2.05, 4.69) is 141 Å². The molecule has 1 fully saturated rings. The molecule has 0 aromatic heterocycles. The number of hydrogen-bond donors (Lipinski definition) is 2. The fourth-order valence-electron chi connectivity index (χ4n) is 5.69. The summed E-state index contributed by atoms with van der Waals surface area (Å²) in [5, 5.41) is 7.40. The molecule has 0 unspecified atom stereocenters. The van der Waals surface area contributed by atoms with E-state index in [0.29, 0.717) is 5.11 Å². The second-order valence-electron chi connectivity index (χ2n) is 10.3. The molecule has 6 heteroatoms. The average Bonchev–Trinajstić information content (AvgIpc) is 3.40. The molecular formula is C36H35N4PS. The molecule has 210 valence electrons. The van der Waals surface area contributed by atoms with E-state index in [-0.39, 0.29) is 12.1 Å². The van der Waals surface area contributed by atoms with Gasteiger partial charge in [0.2, 0.25) is 0 Å². The van der Waals surface area contributed by atoms with Crippen molar-refractivity contribution in [2.24, 2.45) is 0 Å². The summed E-state index contributed by atoms with van der Waals surface area (Å²) in [5.41, 5.74) is 6.16. The van der Waals surface area contributed by atoms with Crippen molar-refractivity contribution in [2.45, 2.75) is 18.5 Å². The maximum absolute atomic E-state index is 5.61. The molecule has 0 saturated carbocycles. The minimum Gasteiger partial charge on any atom is -0.362 e. The van der Waals surface area contributed by atoms with Crippen LogP contribution >= 0.6 is 20.4 Å². The van der Waals surface area contributed by atoms with Gasteiger partial charge in [0.1, 0.15) is 0 Å². The summed E-state index contributed by atoms with van der Waals surface area (Å²) in [5.74, 6) is 0. The zero-order valence-corrected chi connectivity index (χ0v) is 25.2. The highest BCUT2D eigenvalue weighted by Crippen LogP contribution is 2.66. The first-order valence-electron chi connectivity index (χ1n) is 14.5. The number of thiocarbonyl (C=S) groups is 1. The van der Waals surface area contributed by atoms with Gasteiger partial charge in [0.15, 0.2) is 5.11 Å². The Bertz CT molecular complexity index is 1450. The molecule has 1 heterocycles. The van der Waals surface area contributed by atoms with Crippen LogP contribution in [0.25, 0.3) is 0 Å². The first-order chi connectivity index (χ1) is 20.8. The molecule has 0 aliphatic carbocycles. The fraction of sp³-hybridized carbons (Fsp3) is 0.139. The Morgan fingerprint density at radius 3 is 1.43 bits per heavy atom. The summed E-state index contributed by atoms with van der Waals surface area (Å²) in [4.78, 5) is 0. The number of nitrogens with zero attached hydrogens (tertiary/aromatic N) is 2. The third kappa shape index (κ3) is 6.33. The Hall–Kier alpha value is -4.18. The molecule has 6 rings (SSSR count). The van der Waals surface area contributed by atoms with Gasteiger partial charge in [-0.3, -0.25) is 0 Å². The molecule has 5 aromatic carbocycles. The summed E-state index contributed by atoms with van der Waals surface area (Å²) in [7, 11) is -0.766. The second-order valence-corrected chi connectivity index (χ2v) is 12.7. The Morgan fingerprint density at radius 1 is 0.571 bits per heavy atom. The van der Waals surface area contributed by atoms with E-state index in [4.69, 9.17) is 12.2 Å². The van der Waals surface area contributed by atoms with Crippen molar-refractivity contribution in [3.8, 4) is 0 Å². The van der Waals surface area contributed by atoms with E-state index in [1.807, 2.05) is 30.3 Å². The summed E-state index contributed by atoms with van der Waals surface area (Å²) < 4.78 is 5.41. The van der Waals surface area contributed by atoms with Gasteiger partial charge in [-0.25, -0.2) is 0 Å². The first kappa shape index (κ1) is 28.0. The van der Waals surface area contributed by atoms with Crippen LogP contribution in [0.5, 0.6) is 0 Å². The van der Waals surface area contributed by atoms with Crippen molar-refractivity contribution in [2.75, 3.05) is 27.4 Å². The van der Waals surface area contributed by atoms with Gasteiger partial charge >= 0.3 is 0 Å². The molecular weight excluding hydrogens is 551 g/mol. The number of rotatable bonds is 9. The molecule has 2 atom stereocenters. The van der Waals surface area contributed by atoms with E-state index < -0.39 is 8.22 Å². The van der Waals surface area contributed by atoms with Crippen molar-refractivity contribution in [3.05, 3.63) is 163 Å². The zero-order valence-electron chi connectivity index (χ0n) is 23.5. The Labute approximate surface area is 255 Å². The van der Waals surface area contributed by atoms with Gasteiger partial charge < -0.3 is 20.0 Å². The average molecular weight is 587 g/mol. The van der Waals surface area contributed by atoms with Crippen LogP contribution in [0, 0.1) is 0 Å². The van der Waals surface area contributed by atoms with Crippen LogP contribution in [0.2, 0.25) is 0 Å². The van der Waals surface area contributed by atoms with Crippen molar-refractivity contribution < 1.29 is 0 Å². The Kier molecular flexibility index (Phi) is 9.09. The molecule has 0 bridgehead atoms. The van der Waals surface area contributed by atoms with Crippen LogP contribution in [-0.2, 0) is 0 Å². The summed E-state index contributed by atoms with van der Waals surface area (Å²) in [6.45, 7) is 0.800. The molecule has 42 heavy (non-hydrogen) atoms. The minimum absolute atomic E-state index is 0.149. The largest absolute Gasteiger partial charge is 0.362 e. The van der Waals surface area contributed by atoms with Crippen LogP contribution < -0.4 is 20.0 Å². The Balaban J connectivity index is 1.36. The molecule has 0 radical (unpaired) electrons. The zero-order chi connectivity index (χ0) is 28.6. The van der Waals surface area contributed by atoms with E-state index in [1.165, 1.54) is 22.5 Å². The van der Waals surface area contributed by atoms with Crippen molar-refractivity contribution in [3.63, 3.8) is 0 Å². The Morgan fingerprint density at radius 2 is 0.976 bits per heavy atom. The highest BCUT2D eigenvalue weighted by Gasteiger charge is 2.48. The van der Waals surface area contributed by atoms with Gasteiger partial charge in [-0.05, 0) is 66.2 Å². The van der Waals surface area contributed by atoms with Crippen LogP contribution in [0.1, 0.15) is 29.6 Å². The van der Waals surface area contributed by atoms with Gasteiger partial charge in [-0.15, -0.1) is 0 Å². The van der Waals surface area contributed by atoms with Crippen molar-refractivity contribution in [1.29, 1.82) is 0 Å².